The van der Waals surface area contributed by atoms with Crippen LogP contribution in [-0.2, 0) is 6.54 Å². The number of carbonyl (C=O) groups excluding carboxylic acids is 1. The number of alkyl halides is 3. The first-order chi connectivity index (χ1) is 19.6. The SMILES string of the molecule is C1CC1.N=C(c1ccc(OC2CCN(CC(O)C(F)(F)F)CC2)cc1)c1cc(C(=O)NCc2ccsc2)ccc1N. The molecular formula is C30H35F3N4O3S. The predicted molar refractivity (Wildman–Crippen MR) is 155 cm³/mol. The van der Waals surface area contributed by atoms with Crippen molar-refractivity contribution in [3.8, 4) is 5.75 Å². The number of piperidine rings is 1. The van der Waals surface area contributed by atoms with E-state index in [1.54, 1.807) is 58.7 Å². The van der Waals surface area contributed by atoms with Gasteiger partial charge in [0, 0.05) is 48.6 Å². The van der Waals surface area contributed by atoms with Crippen LogP contribution in [0.15, 0.2) is 59.3 Å². The molecule has 0 radical (unpaired) electrons. The van der Waals surface area contributed by atoms with E-state index in [4.69, 9.17) is 15.9 Å². The van der Waals surface area contributed by atoms with Gasteiger partial charge in [-0.25, -0.2) is 0 Å². The fourth-order valence-corrected chi connectivity index (χ4v) is 4.87. The van der Waals surface area contributed by atoms with Gasteiger partial charge in [-0.05, 0) is 77.7 Å². The second kappa shape index (κ2) is 14.0. The van der Waals surface area contributed by atoms with Gasteiger partial charge in [-0.15, -0.1) is 0 Å². The van der Waals surface area contributed by atoms with Crippen molar-refractivity contribution in [2.75, 3.05) is 25.4 Å². The number of likely N-dealkylation sites (tertiary alicyclic amines) is 1. The number of rotatable bonds is 9. The highest BCUT2D eigenvalue weighted by atomic mass is 32.1. The number of nitrogens with zero attached hydrogens (tertiary/aromatic N) is 1. The first-order valence-corrected chi connectivity index (χ1v) is 14.6. The molecule has 1 aliphatic carbocycles. The number of ether oxygens (including phenoxy) is 1. The monoisotopic (exact) mass is 588 g/mol. The molecule has 1 unspecified atom stereocenters. The zero-order chi connectivity index (χ0) is 29.4. The lowest BCUT2D eigenvalue weighted by molar-refractivity contribution is -0.208. The summed E-state index contributed by atoms with van der Waals surface area (Å²) in [5.41, 5.74) is 9.12. The molecule has 2 heterocycles. The number of thiophene rings is 1. The van der Waals surface area contributed by atoms with E-state index in [-0.39, 0.29) is 17.7 Å². The summed E-state index contributed by atoms with van der Waals surface area (Å²) in [6, 6.07) is 13.7. The van der Waals surface area contributed by atoms with Crippen LogP contribution in [0.5, 0.6) is 5.75 Å². The third-order valence-corrected chi connectivity index (χ3v) is 7.49. The molecule has 1 aromatic heterocycles. The molecular weight excluding hydrogens is 553 g/mol. The number of halogens is 3. The van der Waals surface area contributed by atoms with E-state index >= 15 is 0 Å². The van der Waals surface area contributed by atoms with Crippen LogP contribution in [-0.4, -0.2) is 59.6 Å². The smallest absolute Gasteiger partial charge is 0.415 e. The molecule has 1 atom stereocenters. The Morgan fingerprint density at radius 2 is 1.76 bits per heavy atom. The van der Waals surface area contributed by atoms with Crippen molar-refractivity contribution in [3.63, 3.8) is 0 Å². The molecule has 5 N–H and O–H groups in total. The van der Waals surface area contributed by atoms with Gasteiger partial charge in [-0.1, -0.05) is 19.3 Å². The molecule has 2 aliphatic rings. The van der Waals surface area contributed by atoms with Gasteiger partial charge in [0.25, 0.3) is 5.91 Å². The summed E-state index contributed by atoms with van der Waals surface area (Å²) < 4.78 is 43.7. The average Bonchev–Trinajstić information content (AvgIpc) is 3.75. The van der Waals surface area contributed by atoms with Crippen molar-refractivity contribution in [1.82, 2.24) is 10.2 Å². The Hall–Kier alpha value is -3.41. The molecule has 220 valence electrons. The fraction of sp³-hybridized carbons (Fsp3) is 0.400. The van der Waals surface area contributed by atoms with Crippen molar-refractivity contribution in [2.24, 2.45) is 0 Å². The number of aliphatic hydroxyl groups is 1. The van der Waals surface area contributed by atoms with E-state index in [2.05, 4.69) is 5.32 Å². The summed E-state index contributed by atoms with van der Waals surface area (Å²) >= 11 is 1.56. The van der Waals surface area contributed by atoms with E-state index in [0.717, 1.165) is 5.56 Å². The third-order valence-electron chi connectivity index (χ3n) is 6.76. The molecule has 1 aliphatic heterocycles. The summed E-state index contributed by atoms with van der Waals surface area (Å²) in [5, 5.41) is 24.7. The molecule has 7 nitrogen and oxygen atoms in total. The van der Waals surface area contributed by atoms with Gasteiger partial charge in [-0.2, -0.15) is 24.5 Å². The number of aliphatic hydroxyl groups excluding tert-OH is 1. The van der Waals surface area contributed by atoms with Crippen LogP contribution < -0.4 is 15.8 Å². The van der Waals surface area contributed by atoms with Crippen LogP contribution in [0.25, 0.3) is 0 Å². The van der Waals surface area contributed by atoms with Crippen LogP contribution >= 0.6 is 11.3 Å². The van der Waals surface area contributed by atoms with E-state index < -0.39 is 18.8 Å². The zero-order valence-corrected chi connectivity index (χ0v) is 23.4. The number of nitrogen functional groups attached to an aromatic ring is 1. The number of benzene rings is 2. The van der Waals surface area contributed by atoms with Crippen molar-refractivity contribution < 1.29 is 27.8 Å². The maximum atomic E-state index is 12.6. The largest absolute Gasteiger partial charge is 0.490 e. The minimum Gasteiger partial charge on any atom is -0.490 e. The van der Waals surface area contributed by atoms with E-state index in [9.17, 15) is 23.1 Å². The summed E-state index contributed by atoms with van der Waals surface area (Å²) in [7, 11) is 0. The molecule has 0 bridgehead atoms. The van der Waals surface area contributed by atoms with Gasteiger partial charge >= 0.3 is 6.18 Å². The molecule has 1 saturated carbocycles. The molecule has 2 fully saturated rings. The minimum atomic E-state index is -4.62. The molecule has 3 aromatic rings. The van der Waals surface area contributed by atoms with Gasteiger partial charge < -0.3 is 25.8 Å². The Kier molecular flexibility index (Phi) is 10.4. The summed E-state index contributed by atoms with van der Waals surface area (Å²) in [6.07, 6.45) is -1.54. The Bertz CT molecular complexity index is 1290. The quantitative estimate of drug-likeness (QED) is 0.192. The topological polar surface area (TPSA) is 112 Å². The third kappa shape index (κ3) is 9.31. The first-order valence-electron chi connectivity index (χ1n) is 13.6. The lowest BCUT2D eigenvalue weighted by Gasteiger charge is -2.33. The van der Waals surface area contributed by atoms with Crippen LogP contribution in [0.2, 0.25) is 0 Å². The number of amides is 1. The molecule has 1 amide bonds. The summed E-state index contributed by atoms with van der Waals surface area (Å²) in [6.45, 7) is 0.775. The second-order valence-electron chi connectivity index (χ2n) is 10.3. The van der Waals surface area contributed by atoms with Crippen LogP contribution in [0.3, 0.4) is 0 Å². The lowest BCUT2D eigenvalue weighted by Crippen LogP contribution is -2.45. The number of nitrogens with one attached hydrogen (secondary N) is 2. The lowest BCUT2D eigenvalue weighted by atomic mass is 9.98. The number of β-amino-alcohol motifs (C(OH)–C–C–N with tert-alkyl or cyclic N) is 1. The maximum absolute atomic E-state index is 12.6. The Balaban J connectivity index is 0.00000121. The zero-order valence-electron chi connectivity index (χ0n) is 22.6. The fourth-order valence-electron chi connectivity index (χ4n) is 4.20. The maximum Gasteiger partial charge on any atom is 0.415 e. The van der Waals surface area contributed by atoms with E-state index in [0.29, 0.717) is 60.6 Å². The number of hydrogen-bond donors (Lipinski definition) is 4. The Morgan fingerprint density at radius 1 is 1.10 bits per heavy atom. The summed E-state index contributed by atoms with van der Waals surface area (Å²) in [5.74, 6) is 0.331. The van der Waals surface area contributed by atoms with Crippen molar-refractivity contribution in [3.05, 3.63) is 81.5 Å². The molecule has 2 aromatic carbocycles. The number of carbonyl (C=O) groups is 1. The Morgan fingerprint density at radius 3 is 2.34 bits per heavy atom. The van der Waals surface area contributed by atoms with Crippen molar-refractivity contribution >= 4 is 28.6 Å². The average molecular weight is 589 g/mol. The number of hydrogen-bond acceptors (Lipinski definition) is 7. The van der Waals surface area contributed by atoms with Gasteiger partial charge in [0.05, 0.1) is 5.71 Å². The van der Waals surface area contributed by atoms with Gasteiger partial charge in [-0.3, -0.25) is 10.2 Å². The molecule has 41 heavy (non-hydrogen) atoms. The van der Waals surface area contributed by atoms with Gasteiger partial charge in [0.1, 0.15) is 11.9 Å². The van der Waals surface area contributed by atoms with Crippen molar-refractivity contribution in [2.45, 2.75) is 57.0 Å². The highest BCUT2D eigenvalue weighted by Gasteiger charge is 2.39. The molecule has 0 spiro atoms. The molecule has 1 saturated heterocycles. The molecule has 11 heteroatoms. The highest BCUT2D eigenvalue weighted by Crippen LogP contribution is 2.25. The van der Waals surface area contributed by atoms with E-state index in [1.807, 2.05) is 16.8 Å². The minimum absolute atomic E-state index is 0.153. The highest BCUT2D eigenvalue weighted by molar-refractivity contribution is 7.07. The van der Waals surface area contributed by atoms with Crippen LogP contribution in [0.4, 0.5) is 18.9 Å². The first kappa shape index (κ1) is 30.5. The second-order valence-corrected chi connectivity index (χ2v) is 11.0. The van der Waals surface area contributed by atoms with Crippen LogP contribution in [0.1, 0.15) is 59.2 Å². The van der Waals surface area contributed by atoms with Gasteiger partial charge in [0.2, 0.25) is 0 Å². The molecule has 5 rings (SSSR count). The van der Waals surface area contributed by atoms with Gasteiger partial charge in [0.15, 0.2) is 6.10 Å². The van der Waals surface area contributed by atoms with Crippen LogP contribution in [0, 0.1) is 5.41 Å². The predicted octanol–water partition coefficient (Wildman–Crippen LogP) is 5.61. The summed E-state index contributed by atoms with van der Waals surface area (Å²) in [4.78, 5) is 14.2. The number of anilines is 1. The van der Waals surface area contributed by atoms with Crippen molar-refractivity contribution in [1.29, 1.82) is 5.41 Å². The standard InChI is InChI=1S/C27H29F3N4O3S.C3H6/c28-27(29,30)24(35)15-34-10-7-21(8-11-34)37-20-4-1-18(2-5-20)25(32)22-13-19(3-6-23(22)31)26(36)33-14-17-9-12-38-16-17;1-2-3-1/h1-6,9,12-13,16,21,24,32,35H,7-8,10-11,14-15,31H2,(H,33,36);1-3H2. The Labute approximate surface area is 241 Å². The normalized spacial score (nSPS) is 16.3. The van der Waals surface area contributed by atoms with E-state index in [1.165, 1.54) is 19.3 Å². The number of nitrogens with two attached hydrogens (primary N) is 1.